The molecular weight excluding hydrogens is 272 g/mol. The van der Waals surface area contributed by atoms with Gasteiger partial charge in [0, 0.05) is 7.05 Å². The fourth-order valence-corrected chi connectivity index (χ4v) is 1.71. The maximum atomic E-state index is 11.4. The lowest BCUT2D eigenvalue weighted by molar-refractivity contribution is -0.118. The largest absolute Gasteiger partial charge is 0.491 e. The summed E-state index contributed by atoms with van der Waals surface area (Å²) < 4.78 is 10.0. The van der Waals surface area contributed by atoms with Gasteiger partial charge in [-0.3, -0.25) is 4.79 Å². The van der Waals surface area contributed by atoms with Crippen molar-refractivity contribution in [2.24, 2.45) is 5.73 Å². The second-order valence-corrected chi connectivity index (χ2v) is 5.55. The highest BCUT2D eigenvalue weighted by Crippen LogP contribution is 2.29. The standard InChI is InChI=1S/C10H11NO2.C5H11NO2/c1-11-8-4-2-3-5-9(8)13-7-6-10(11)12;1-5(2,3)8-4(6)7/h2-5H,6-7H2,1H3;1-3H3,(H2,6,7). The zero-order valence-electron chi connectivity index (χ0n) is 12.9. The van der Waals surface area contributed by atoms with Gasteiger partial charge in [-0.15, -0.1) is 0 Å². The molecule has 2 amide bonds. The van der Waals surface area contributed by atoms with Gasteiger partial charge in [0.15, 0.2) is 0 Å². The van der Waals surface area contributed by atoms with E-state index in [2.05, 4.69) is 4.74 Å². The number of primary amides is 1. The van der Waals surface area contributed by atoms with Crippen molar-refractivity contribution in [3.8, 4) is 5.75 Å². The first-order valence-electron chi connectivity index (χ1n) is 6.67. The molecule has 0 aliphatic carbocycles. The molecule has 1 aliphatic heterocycles. The van der Waals surface area contributed by atoms with Crippen molar-refractivity contribution in [1.29, 1.82) is 0 Å². The van der Waals surface area contributed by atoms with Crippen LogP contribution in [0.3, 0.4) is 0 Å². The normalized spacial score (nSPS) is 14.1. The van der Waals surface area contributed by atoms with Crippen LogP contribution < -0.4 is 15.4 Å². The number of fused-ring (bicyclic) bond motifs is 1. The molecule has 0 saturated carbocycles. The molecular formula is C15H22N2O4. The molecule has 0 spiro atoms. The van der Waals surface area contributed by atoms with E-state index < -0.39 is 11.7 Å². The molecule has 0 unspecified atom stereocenters. The van der Waals surface area contributed by atoms with Crippen molar-refractivity contribution >= 4 is 17.7 Å². The molecule has 2 N–H and O–H groups in total. The summed E-state index contributed by atoms with van der Waals surface area (Å²) in [5.74, 6) is 0.890. The lowest BCUT2D eigenvalue weighted by Crippen LogP contribution is -2.27. The molecule has 1 aromatic rings. The van der Waals surface area contributed by atoms with Gasteiger partial charge in [0.1, 0.15) is 11.4 Å². The molecule has 6 nitrogen and oxygen atoms in total. The van der Waals surface area contributed by atoms with Crippen molar-refractivity contribution in [2.75, 3.05) is 18.6 Å². The number of nitrogens with zero attached hydrogens (tertiary/aromatic N) is 1. The Balaban J connectivity index is 0.000000240. The molecule has 0 atom stereocenters. The Labute approximate surface area is 124 Å². The van der Waals surface area contributed by atoms with Crippen LogP contribution in [0.25, 0.3) is 0 Å². The molecule has 2 rings (SSSR count). The minimum Gasteiger partial charge on any atom is -0.491 e. The number of rotatable bonds is 0. The van der Waals surface area contributed by atoms with Crippen molar-refractivity contribution in [3.05, 3.63) is 24.3 Å². The lowest BCUT2D eigenvalue weighted by Gasteiger charge is -2.16. The van der Waals surface area contributed by atoms with Gasteiger partial charge >= 0.3 is 6.09 Å². The van der Waals surface area contributed by atoms with Gasteiger partial charge in [-0.1, -0.05) is 12.1 Å². The Kier molecular flexibility index (Phi) is 5.58. The predicted molar refractivity (Wildman–Crippen MR) is 80.4 cm³/mol. The van der Waals surface area contributed by atoms with Gasteiger partial charge < -0.3 is 20.1 Å². The van der Waals surface area contributed by atoms with Gasteiger partial charge in [-0.2, -0.15) is 0 Å². The SMILES string of the molecule is CC(C)(C)OC(N)=O.CN1C(=O)CCOc2ccccc21. The fraction of sp³-hybridized carbons (Fsp3) is 0.467. The van der Waals surface area contributed by atoms with Crippen molar-refractivity contribution in [3.63, 3.8) is 0 Å². The van der Waals surface area contributed by atoms with Crippen LogP contribution in [0.15, 0.2) is 24.3 Å². The molecule has 0 fully saturated rings. The molecule has 21 heavy (non-hydrogen) atoms. The summed E-state index contributed by atoms with van der Waals surface area (Å²) in [7, 11) is 1.77. The number of carbonyl (C=O) groups excluding carboxylic acids is 2. The van der Waals surface area contributed by atoms with Crippen LogP contribution in [0.5, 0.6) is 5.75 Å². The van der Waals surface area contributed by atoms with E-state index in [4.69, 9.17) is 10.5 Å². The molecule has 1 aromatic carbocycles. The molecule has 116 valence electrons. The molecule has 0 radical (unpaired) electrons. The molecule has 0 saturated heterocycles. The molecule has 1 heterocycles. The quantitative estimate of drug-likeness (QED) is 0.796. The zero-order valence-corrected chi connectivity index (χ0v) is 12.9. The zero-order chi connectivity index (χ0) is 16.0. The van der Waals surface area contributed by atoms with Crippen LogP contribution in [0, 0.1) is 0 Å². The first-order valence-corrected chi connectivity index (χ1v) is 6.67. The van der Waals surface area contributed by atoms with E-state index in [1.54, 1.807) is 32.7 Å². The van der Waals surface area contributed by atoms with Gasteiger partial charge in [0.25, 0.3) is 0 Å². The third kappa shape index (κ3) is 5.72. The number of carbonyl (C=O) groups is 2. The number of nitrogens with two attached hydrogens (primary N) is 1. The van der Waals surface area contributed by atoms with Gasteiger partial charge in [0.2, 0.25) is 5.91 Å². The first kappa shape index (κ1) is 16.8. The van der Waals surface area contributed by atoms with Crippen LogP contribution in [0.2, 0.25) is 0 Å². The minimum absolute atomic E-state index is 0.102. The first-order chi connectivity index (χ1) is 9.70. The van der Waals surface area contributed by atoms with E-state index in [0.717, 1.165) is 11.4 Å². The minimum atomic E-state index is -0.725. The number of hydrogen-bond donors (Lipinski definition) is 1. The monoisotopic (exact) mass is 294 g/mol. The molecule has 0 bridgehead atoms. The third-order valence-electron chi connectivity index (χ3n) is 2.58. The Morgan fingerprint density at radius 1 is 1.33 bits per heavy atom. The third-order valence-corrected chi connectivity index (χ3v) is 2.58. The number of ether oxygens (including phenoxy) is 2. The highest BCUT2D eigenvalue weighted by molar-refractivity contribution is 5.94. The van der Waals surface area contributed by atoms with Crippen molar-refractivity contribution in [2.45, 2.75) is 32.8 Å². The van der Waals surface area contributed by atoms with E-state index in [1.807, 2.05) is 24.3 Å². The maximum Gasteiger partial charge on any atom is 0.405 e. The smallest absolute Gasteiger partial charge is 0.405 e. The average Bonchev–Trinajstić information content (AvgIpc) is 2.49. The van der Waals surface area contributed by atoms with Crippen LogP contribution >= 0.6 is 0 Å². The van der Waals surface area contributed by atoms with E-state index >= 15 is 0 Å². The Hall–Kier alpha value is -2.24. The summed E-state index contributed by atoms with van der Waals surface area (Å²) in [5, 5.41) is 0. The van der Waals surface area contributed by atoms with E-state index in [1.165, 1.54) is 0 Å². The summed E-state index contributed by atoms with van der Waals surface area (Å²) in [6.45, 7) is 5.76. The number of amides is 2. The van der Waals surface area contributed by atoms with Crippen LogP contribution in [-0.4, -0.2) is 31.3 Å². The van der Waals surface area contributed by atoms with Crippen molar-refractivity contribution in [1.82, 2.24) is 0 Å². The number of para-hydroxylation sites is 2. The second-order valence-electron chi connectivity index (χ2n) is 5.55. The van der Waals surface area contributed by atoms with Crippen LogP contribution in [0.4, 0.5) is 10.5 Å². The molecule has 0 aromatic heterocycles. The highest BCUT2D eigenvalue weighted by Gasteiger charge is 2.18. The van der Waals surface area contributed by atoms with Gasteiger partial charge in [-0.05, 0) is 32.9 Å². The topological polar surface area (TPSA) is 81.9 Å². The van der Waals surface area contributed by atoms with E-state index in [9.17, 15) is 9.59 Å². The number of hydrogen-bond acceptors (Lipinski definition) is 4. The predicted octanol–water partition coefficient (Wildman–Crippen LogP) is 2.31. The average molecular weight is 294 g/mol. The summed E-state index contributed by atoms with van der Waals surface area (Å²) >= 11 is 0. The Morgan fingerprint density at radius 2 is 1.95 bits per heavy atom. The lowest BCUT2D eigenvalue weighted by atomic mass is 10.2. The van der Waals surface area contributed by atoms with Gasteiger partial charge in [0.05, 0.1) is 18.7 Å². The van der Waals surface area contributed by atoms with E-state index in [0.29, 0.717) is 13.0 Å². The Bertz CT molecular complexity index is 509. The molecule has 6 heteroatoms. The fourth-order valence-electron chi connectivity index (χ4n) is 1.71. The number of benzene rings is 1. The summed E-state index contributed by atoms with van der Waals surface area (Å²) in [6, 6.07) is 7.57. The molecule has 1 aliphatic rings. The number of anilines is 1. The second kappa shape index (κ2) is 6.97. The Morgan fingerprint density at radius 3 is 2.48 bits per heavy atom. The maximum absolute atomic E-state index is 11.4. The van der Waals surface area contributed by atoms with Crippen molar-refractivity contribution < 1.29 is 19.1 Å². The summed E-state index contributed by atoms with van der Waals surface area (Å²) in [6.07, 6.45) is -0.275. The van der Waals surface area contributed by atoms with Gasteiger partial charge in [-0.25, -0.2) is 4.79 Å². The van der Waals surface area contributed by atoms with Crippen LogP contribution in [-0.2, 0) is 9.53 Å². The highest BCUT2D eigenvalue weighted by atomic mass is 16.6. The van der Waals surface area contributed by atoms with E-state index in [-0.39, 0.29) is 5.91 Å². The van der Waals surface area contributed by atoms with Crippen LogP contribution in [0.1, 0.15) is 27.2 Å². The summed E-state index contributed by atoms with van der Waals surface area (Å²) in [4.78, 5) is 23.1. The summed E-state index contributed by atoms with van der Waals surface area (Å²) in [5.41, 5.74) is 5.12.